The first-order valence-electron chi connectivity index (χ1n) is 16.8. The monoisotopic (exact) mass is 662 g/mol. The lowest BCUT2D eigenvalue weighted by Gasteiger charge is -2.21. The van der Waals surface area contributed by atoms with Gasteiger partial charge in [0.05, 0.1) is 16.2 Å². The average Bonchev–Trinajstić information content (AvgIpc) is 3.40. The highest BCUT2D eigenvalue weighted by molar-refractivity contribution is 6.35. The Labute approximate surface area is 296 Å². The van der Waals surface area contributed by atoms with Gasteiger partial charge in [-0.1, -0.05) is 147 Å². The minimum atomic E-state index is -0.127. The number of halogens is 1. The van der Waals surface area contributed by atoms with Crippen LogP contribution in [0.3, 0.4) is 0 Å². The molecule has 0 fully saturated rings. The van der Waals surface area contributed by atoms with E-state index in [-0.39, 0.29) is 5.41 Å². The van der Waals surface area contributed by atoms with Crippen molar-refractivity contribution < 1.29 is 0 Å². The van der Waals surface area contributed by atoms with Gasteiger partial charge in [-0.3, -0.25) is 0 Å². The molecule has 0 saturated carbocycles. The first-order valence-corrected chi connectivity index (χ1v) is 17.1. The lowest BCUT2D eigenvalue weighted by atomic mass is 9.82. The van der Waals surface area contributed by atoms with E-state index in [0.29, 0.717) is 22.5 Å². The van der Waals surface area contributed by atoms with E-state index in [9.17, 15) is 0 Å². The predicted molar refractivity (Wildman–Crippen MR) is 205 cm³/mol. The molecule has 8 aromatic rings. The van der Waals surface area contributed by atoms with Crippen LogP contribution < -0.4 is 0 Å². The fourth-order valence-corrected chi connectivity index (χ4v) is 7.42. The summed E-state index contributed by atoms with van der Waals surface area (Å²) in [6, 6.07) is 52.0. The summed E-state index contributed by atoms with van der Waals surface area (Å²) in [6.07, 6.45) is 0. The summed E-state index contributed by atoms with van der Waals surface area (Å²) in [5.41, 5.74) is 12.5. The zero-order valence-electron chi connectivity index (χ0n) is 27.6. The first-order chi connectivity index (χ1) is 24.4. The van der Waals surface area contributed by atoms with E-state index in [1.807, 2.05) is 78.9 Å². The van der Waals surface area contributed by atoms with Crippen LogP contribution in [0.25, 0.3) is 78.6 Å². The van der Waals surface area contributed by atoms with Crippen LogP contribution in [0.5, 0.6) is 0 Å². The summed E-state index contributed by atoms with van der Waals surface area (Å²) in [5.74, 6) is 1.82. The molecule has 5 heteroatoms. The molecular weight excluding hydrogens is 632 g/mol. The molecule has 0 amide bonds. The molecule has 6 aromatic carbocycles. The number of rotatable bonds is 5. The highest BCUT2D eigenvalue weighted by Crippen LogP contribution is 2.50. The summed E-state index contributed by atoms with van der Waals surface area (Å²) < 4.78 is 0. The smallest absolute Gasteiger partial charge is 0.164 e. The van der Waals surface area contributed by atoms with E-state index < -0.39 is 0 Å². The highest BCUT2D eigenvalue weighted by Gasteiger charge is 2.35. The largest absolute Gasteiger partial charge is 0.248 e. The molecule has 9 rings (SSSR count). The standard InChI is InChI=1S/C45H31ClN4/c1-45(2)37-22-10-9-21-34(37)35-25-36-39(46)27-40(47-41(36)26-38(35)45)31-18-12-20-33(24-31)44-49-42(29-15-7-4-8-16-29)48-43(50-44)32-19-11-17-30(23-32)28-13-5-3-6-14-28/h3-27H,1-2H3. The van der Waals surface area contributed by atoms with Crippen LogP contribution in [-0.2, 0) is 5.41 Å². The molecule has 1 aliphatic carbocycles. The zero-order valence-corrected chi connectivity index (χ0v) is 28.4. The molecule has 0 aliphatic heterocycles. The van der Waals surface area contributed by atoms with Crippen molar-refractivity contribution in [1.29, 1.82) is 0 Å². The maximum absolute atomic E-state index is 7.03. The topological polar surface area (TPSA) is 51.6 Å². The van der Waals surface area contributed by atoms with E-state index in [1.54, 1.807) is 0 Å². The van der Waals surface area contributed by atoms with E-state index in [2.05, 4.69) is 86.6 Å². The van der Waals surface area contributed by atoms with E-state index in [1.165, 1.54) is 22.3 Å². The zero-order chi connectivity index (χ0) is 33.8. The average molecular weight is 663 g/mol. The summed E-state index contributed by atoms with van der Waals surface area (Å²) >= 11 is 7.03. The molecule has 0 radical (unpaired) electrons. The van der Waals surface area contributed by atoms with Crippen LogP contribution in [0.4, 0.5) is 0 Å². The molecule has 0 unspecified atom stereocenters. The van der Waals surface area contributed by atoms with Crippen molar-refractivity contribution in [3.8, 4) is 67.7 Å². The van der Waals surface area contributed by atoms with Crippen molar-refractivity contribution >= 4 is 22.5 Å². The number of pyridine rings is 1. The van der Waals surface area contributed by atoms with Gasteiger partial charge in [0, 0.05) is 33.1 Å². The Kier molecular flexibility index (Phi) is 7.15. The second-order valence-corrected chi connectivity index (χ2v) is 13.7. The quantitative estimate of drug-likeness (QED) is 0.184. The molecule has 238 valence electrons. The second kappa shape index (κ2) is 11.9. The number of hydrogen-bond donors (Lipinski definition) is 0. The Morgan fingerprint density at radius 1 is 0.420 bits per heavy atom. The molecule has 1 aliphatic rings. The van der Waals surface area contributed by atoms with Crippen molar-refractivity contribution in [1.82, 2.24) is 19.9 Å². The SMILES string of the molecule is CC1(C)c2ccccc2-c2cc3c(Cl)cc(-c4cccc(-c5nc(-c6ccccc6)nc(-c6cccc(-c7ccccc7)c6)n5)c4)nc3cc21. The van der Waals surface area contributed by atoms with Crippen LogP contribution in [0.2, 0.25) is 5.02 Å². The van der Waals surface area contributed by atoms with Gasteiger partial charge in [0.25, 0.3) is 0 Å². The maximum atomic E-state index is 7.03. The van der Waals surface area contributed by atoms with E-state index in [4.69, 9.17) is 31.5 Å². The molecule has 0 atom stereocenters. The van der Waals surface area contributed by atoms with Crippen LogP contribution in [-0.4, -0.2) is 19.9 Å². The molecule has 0 saturated heterocycles. The van der Waals surface area contributed by atoms with Gasteiger partial charge >= 0.3 is 0 Å². The van der Waals surface area contributed by atoms with Gasteiger partial charge in [-0.05, 0) is 63.7 Å². The Morgan fingerprint density at radius 2 is 0.960 bits per heavy atom. The Balaban J connectivity index is 1.15. The van der Waals surface area contributed by atoms with Crippen LogP contribution in [0, 0.1) is 0 Å². The van der Waals surface area contributed by atoms with Crippen molar-refractivity contribution in [2.24, 2.45) is 0 Å². The number of aromatic nitrogens is 4. The van der Waals surface area contributed by atoms with Gasteiger partial charge in [0.1, 0.15) is 0 Å². The Bertz CT molecular complexity index is 2580. The number of benzene rings is 6. The number of nitrogens with zero attached hydrogens (tertiary/aromatic N) is 4. The van der Waals surface area contributed by atoms with E-state index >= 15 is 0 Å². The van der Waals surface area contributed by atoms with Crippen LogP contribution in [0.1, 0.15) is 25.0 Å². The van der Waals surface area contributed by atoms with Crippen molar-refractivity contribution in [2.45, 2.75) is 19.3 Å². The van der Waals surface area contributed by atoms with Gasteiger partial charge in [0.15, 0.2) is 17.5 Å². The van der Waals surface area contributed by atoms with Crippen molar-refractivity contribution in [3.05, 3.63) is 168 Å². The molecule has 0 spiro atoms. The van der Waals surface area contributed by atoms with Gasteiger partial charge in [0.2, 0.25) is 0 Å². The van der Waals surface area contributed by atoms with Crippen LogP contribution in [0.15, 0.2) is 152 Å². The molecule has 2 heterocycles. The predicted octanol–water partition coefficient (Wildman–Crippen LogP) is 11.7. The molecular formula is C45H31ClN4. The third-order valence-corrected chi connectivity index (χ3v) is 10.1. The van der Waals surface area contributed by atoms with Gasteiger partial charge in [-0.15, -0.1) is 0 Å². The summed E-state index contributed by atoms with van der Waals surface area (Å²) in [7, 11) is 0. The lowest BCUT2D eigenvalue weighted by molar-refractivity contribution is 0.661. The second-order valence-electron chi connectivity index (χ2n) is 13.3. The normalized spacial score (nSPS) is 12.9. The maximum Gasteiger partial charge on any atom is 0.164 e. The summed E-state index contributed by atoms with van der Waals surface area (Å²) in [4.78, 5) is 20.2. The number of fused-ring (bicyclic) bond motifs is 4. The van der Waals surface area contributed by atoms with Gasteiger partial charge in [-0.2, -0.15) is 0 Å². The Hall–Kier alpha value is -5.97. The van der Waals surface area contributed by atoms with Gasteiger partial charge in [-0.25, -0.2) is 19.9 Å². The number of hydrogen-bond acceptors (Lipinski definition) is 4. The molecule has 0 N–H and O–H groups in total. The fourth-order valence-electron chi connectivity index (χ4n) is 7.16. The molecule has 0 bridgehead atoms. The van der Waals surface area contributed by atoms with Crippen molar-refractivity contribution in [3.63, 3.8) is 0 Å². The third-order valence-electron chi connectivity index (χ3n) is 9.77. The summed E-state index contributed by atoms with van der Waals surface area (Å²) in [5, 5.41) is 1.62. The Morgan fingerprint density at radius 3 is 1.66 bits per heavy atom. The fraction of sp³-hybridized carbons (Fsp3) is 0.0667. The van der Waals surface area contributed by atoms with Crippen molar-refractivity contribution in [2.75, 3.05) is 0 Å². The third kappa shape index (κ3) is 5.17. The van der Waals surface area contributed by atoms with E-state index in [0.717, 1.165) is 50.0 Å². The highest BCUT2D eigenvalue weighted by atomic mass is 35.5. The summed E-state index contributed by atoms with van der Waals surface area (Å²) in [6.45, 7) is 4.56. The molecule has 4 nitrogen and oxygen atoms in total. The molecule has 50 heavy (non-hydrogen) atoms. The first kappa shape index (κ1) is 30.1. The van der Waals surface area contributed by atoms with Gasteiger partial charge < -0.3 is 0 Å². The minimum absolute atomic E-state index is 0.127. The lowest BCUT2D eigenvalue weighted by Crippen LogP contribution is -2.14. The van der Waals surface area contributed by atoms with Crippen LogP contribution >= 0.6 is 11.6 Å². The molecule has 2 aromatic heterocycles. The minimum Gasteiger partial charge on any atom is -0.248 e.